The van der Waals surface area contributed by atoms with Gasteiger partial charge in [-0.1, -0.05) is 30.3 Å². The van der Waals surface area contributed by atoms with Crippen LogP contribution in [-0.2, 0) is 11.3 Å². The Kier molecular flexibility index (Phi) is 4.12. The Bertz CT molecular complexity index is 1010. The van der Waals surface area contributed by atoms with Gasteiger partial charge in [0.2, 0.25) is 5.91 Å². The standard InChI is InChI=1S/C19H17FN4O2/c20-15-8-4-5-9-16(15)21-17(25)12-23-19(26)24(14-6-2-1-3-7-14)18(22-23)13-10-11-13/h1-9,13H,10-12H2,(H,21,25). The minimum Gasteiger partial charge on any atom is -0.322 e. The van der Waals surface area contributed by atoms with Gasteiger partial charge in [0.05, 0.1) is 11.4 Å². The van der Waals surface area contributed by atoms with E-state index < -0.39 is 11.7 Å². The molecule has 1 amide bonds. The van der Waals surface area contributed by atoms with E-state index in [1.807, 2.05) is 30.3 Å². The first kappa shape index (κ1) is 16.3. The highest BCUT2D eigenvalue weighted by Gasteiger charge is 2.31. The van der Waals surface area contributed by atoms with Gasteiger partial charge in [-0.05, 0) is 37.1 Å². The van der Waals surface area contributed by atoms with Crippen molar-refractivity contribution in [1.82, 2.24) is 14.3 Å². The second-order valence-electron chi connectivity index (χ2n) is 6.27. The molecule has 1 N–H and O–H groups in total. The summed E-state index contributed by atoms with van der Waals surface area (Å²) >= 11 is 0. The van der Waals surface area contributed by atoms with E-state index in [1.54, 1.807) is 16.7 Å². The third-order valence-corrected chi connectivity index (χ3v) is 4.26. The number of nitrogens with one attached hydrogen (secondary N) is 1. The van der Waals surface area contributed by atoms with Gasteiger partial charge in [0.25, 0.3) is 0 Å². The van der Waals surface area contributed by atoms with E-state index in [2.05, 4.69) is 10.4 Å². The van der Waals surface area contributed by atoms with E-state index in [0.29, 0.717) is 5.82 Å². The Morgan fingerprint density at radius 2 is 1.81 bits per heavy atom. The molecule has 26 heavy (non-hydrogen) atoms. The van der Waals surface area contributed by atoms with Crippen molar-refractivity contribution >= 4 is 11.6 Å². The Hall–Kier alpha value is -3.22. The molecule has 6 nitrogen and oxygen atoms in total. The fourth-order valence-electron chi connectivity index (χ4n) is 2.84. The van der Waals surface area contributed by atoms with E-state index in [9.17, 15) is 14.0 Å². The molecule has 1 fully saturated rings. The highest BCUT2D eigenvalue weighted by molar-refractivity contribution is 5.90. The van der Waals surface area contributed by atoms with Crippen molar-refractivity contribution in [3.63, 3.8) is 0 Å². The molecule has 3 aromatic rings. The monoisotopic (exact) mass is 352 g/mol. The van der Waals surface area contributed by atoms with Gasteiger partial charge in [0.1, 0.15) is 18.2 Å². The first-order valence-corrected chi connectivity index (χ1v) is 8.43. The quantitative estimate of drug-likeness (QED) is 0.768. The van der Waals surface area contributed by atoms with E-state index in [-0.39, 0.29) is 23.8 Å². The summed E-state index contributed by atoms with van der Waals surface area (Å²) in [6.07, 6.45) is 1.95. The number of amides is 1. The third kappa shape index (κ3) is 3.15. The molecule has 7 heteroatoms. The number of hydrogen-bond acceptors (Lipinski definition) is 3. The largest absolute Gasteiger partial charge is 0.351 e. The zero-order valence-corrected chi connectivity index (χ0v) is 13.9. The molecular formula is C19H17FN4O2. The lowest BCUT2D eigenvalue weighted by Gasteiger charge is -2.05. The fraction of sp³-hybridized carbons (Fsp3) is 0.211. The molecule has 0 spiro atoms. The molecule has 132 valence electrons. The molecule has 0 atom stereocenters. The normalized spacial score (nSPS) is 13.6. The molecule has 4 rings (SSSR count). The lowest BCUT2D eigenvalue weighted by Crippen LogP contribution is -2.29. The van der Waals surface area contributed by atoms with Gasteiger partial charge in [-0.25, -0.2) is 18.4 Å². The van der Waals surface area contributed by atoms with Crippen molar-refractivity contribution in [2.24, 2.45) is 0 Å². The van der Waals surface area contributed by atoms with E-state index in [0.717, 1.165) is 23.2 Å². The molecule has 0 aliphatic heterocycles. The zero-order chi connectivity index (χ0) is 18.1. The van der Waals surface area contributed by atoms with Crippen molar-refractivity contribution < 1.29 is 9.18 Å². The summed E-state index contributed by atoms with van der Waals surface area (Å²) in [5.41, 5.74) is 0.428. The van der Waals surface area contributed by atoms with Gasteiger partial charge in [-0.2, -0.15) is 5.10 Å². The highest BCUT2D eigenvalue weighted by Crippen LogP contribution is 2.39. The van der Waals surface area contributed by atoms with E-state index >= 15 is 0 Å². The number of rotatable bonds is 5. The summed E-state index contributed by atoms with van der Waals surface area (Å²) in [5, 5.41) is 6.84. The van der Waals surface area contributed by atoms with Crippen LogP contribution in [0.25, 0.3) is 5.69 Å². The van der Waals surface area contributed by atoms with E-state index in [1.165, 1.54) is 12.1 Å². The maximum Gasteiger partial charge on any atom is 0.351 e. The predicted octanol–water partition coefficient (Wildman–Crippen LogP) is 2.69. The smallest absolute Gasteiger partial charge is 0.322 e. The Balaban J connectivity index is 1.62. The SMILES string of the molecule is O=C(Cn1nc(C2CC2)n(-c2ccccc2)c1=O)Nc1ccccc1F. The summed E-state index contributed by atoms with van der Waals surface area (Å²) in [5.74, 6) is -0.127. The molecule has 2 aromatic carbocycles. The zero-order valence-electron chi connectivity index (χ0n) is 13.9. The number of aromatic nitrogens is 3. The molecule has 1 aromatic heterocycles. The molecule has 1 saturated carbocycles. The van der Waals surface area contributed by atoms with Crippen molar-refractivity contribution in [1.29, 1.82) is 0 Å². The lowest BCUT2D eigenvalue weighted by atomic mass is 10.3. The number of carbonyl (C=O) groups is 1. The molecule has 1 heterocycles. The number of nitrogens with zero attached hydrogens (tertiary/aromatic N) is 3. The minimum atomic E-state index is -0.526. The van der Waals surface area contributed by atoms with Gasteiger partial charge >= 0.3 is 5.69 Å². The lowest BCUT2D eigenvalue weighted by molar-refractivity contribution is -0.117. The van der Waals surface area contributed by atoms with Crippen molar-refractivity contribution in [2.45, 2.75) is 25.3 Å². The number of halogens is 1. The molecule has 0 bridgehead atoms. The van der Waals surface area contributed by atoms with Crippen LogP contribution in [0.5, 0.6) is 0 Å². The Labute approximate surface area is 148 Å². The third-order valence-electron chi connectivity index (χ3n) is 4.26. The number of carbonyl (C=O) groups excluding carboxylic acids is 1. The first-order valence-electron chi connectivity index (χ1n) is 8.43. The van der Waals surface area contributed by atoms with Crippen LogP contribution < -0.4 is 11.0 Å². The summed E-state index contributed by atoms with van der Waals surface area (Å²) < 4.78 is 16.4. The average molecular weight is 352 g/mol. The number of para-hydroxylation sites is 2. The molecule has 1 aliphatic rings. The van der Waals surface area contributed by atoms with Crippen LogP contribution in [0, 0.1) is 5.82 Å². The molecule has 0 radical (unpaired) electrons. The van der Waals surface area contributed by atoms with Crippen LogP contribution in [0.1, 0.15) is 24.6 Å². The topological polar surface area (TPSA) is 68.9 Å². The van der Waals surface area contributed by atoms with Crippen LogP contribution in [0.3, 0.4) is 0 Å². The maximum atomic E-state index is 13.7. The molecule has 0 unspecified atom stereocenters. The van der Waals surface area contributed by atoms with Crippen molar-refractivity contribution in [3.05, 3.63) is 76.7 Å². The Morgan fingerprint density at radius 3 is 2.50 bits per heavy atom. The highest BCUT2D eigenvalue weighted by atomic mass is 19.1. The molecular weight excluding hydrogens is 335 g/mol. The first-order chi connectivity index (χ1) is 12.6. The summed E-state index contributed by atoms with van der Waals surface area (Å²) in [6, 6.07) is 15.1. The molecule has 1 aliphatic carbocycles. The van der Waals surface area contributed by atoms with E-state index in [4.69, 9.17) is 0 Å². The van der Waals surface area contributed by atoms with Gasteiger partial charge in [-0.15, -0.1) is 0 Å². The van der Waals surface area contributed by atoms with Gasteiger partial charge in [0.15, 0.2) is 0 Å². The summed E-state index contributed by atoms with van der Waals surface area (Å²) in [7, 11) is 0. The number of anilines is 1. The van der Waals surface area contributed by atoms with Crippen LogP contribution >= 0.6 is 0 Å². The summed E-state index contributed by atoms with van der Waals surface area (Å²) in [4.78, 5) is 25.0. The minimum absolute atomic E-state index is 0.0791. The molecule has 0 saturated heterocycles. The fourth-order valence-corrected chi connectivity index (χ4v) is 2.84. The predicted molar refractivity (Wildman–Crippen MR) is 94.8 cm³/mol. The van der Waals surface area contributed by atoms with Gasteiger partial charge in [0, 0.05) is 5.92 Å². The second kappa shape index (κ2) is 6.59. The second-order valence-corrected chi connectivity index (χ2v) is 6.27. The summed E-state index contributed by atoms with van der Waals surface area (Å²) in [6.45, 7) is -0.271. The average Bonchev–Trinajstić information content (AvgIpc) is 3.43. The van der Waals surface area contributed by atoms with Crippen LogP contribution in [0.2, 0.25) is 0 Å². The van der Waals surface area contributed by atoms with Crippen LogP contribution in [-0.4, -0.2) is 20.3 Å². The maximum absolute atomic E-state index is 13.7. The number of benzene rings is 2. The van der Waals surface area contributed by atoms with Gasteiger partial charge < -0.3 is 5.32 Å². The van der Waals surface area contributed by atoms with Crippen LogP contribution in [0.15, 0.2) is 59.4 Å². The number of hydrogen-bond donors (Lipinski definition) is 1. The van der Waals surface area contributed by atoms with Crippen molar-refractivity contribution in [2.75, 3.05) is 5.32 Å². The Morgan fingerprint density at radius 1 is 1.12 bits per heavy atom. The van der Waals surface area contributed by atoms with Crippen molar-refractivity contribution in [3.8, 4) is 5.69 Å². The van der Waals surface area contributed by atoms with Crippen LogP contribution in [0.4, 0.5) is 10.1 Å². The van der Waals surface area contributed by atoms with Gasteiger partial charge in [-0.3, -0.25) is 4.79 Å².